The lowest BCUT2D eigenvalue weighted by Crippen LogP contribution is -2.12. The lowest BCUT2D eigenvalue weighted by molar-refractivity contribution is -0.134. The van der Waals surface area contributed by atoms with E-state index in [1.807, 2.05) is 37.3 Å². The number of esters is 1. The predicted molar refractivity (Wildman–Crippen MR) is 127 cm³/mol. The van der Waals surface area contributed by atoms with Gasteiger partial charge in [-0.1, -0.05) is 33.6 Å². The molecule has 0 bridgehead atoms. The van der Waals surface area contributed by atoms with Gasteiger partial charge in [-0.05, 0) is 67.4 Å². The fourth-order valence-corrected chi connectivity index (χ4v) is 3.54. The molecule has 3 aromatic carbocycles. The van der Waals surface area contributed by atoms with Crippen molar-refractivity contribution in [3.05, 3.63) is 81.8 Å². The van der Waals surface area contributed by atoms with Crippen molar-refractivity contribution in [2.24, 2.45) is 0 Å². The summed E-state index contributed by atoms with van der Waals surface area (Å²) < 4.78 is 16.8. The summed E-state index contributed by atoms with van der Waals surface area (Å²) in [6.45, 7) is 1.98. The summed E-state index contributed by atoms with van der Waals surface area (Å²) in [7, 11) is 3.13. The monoisotopic (exact) mass is 497 g/mol. The van der Waals surface area contributed by atoms with Gasteiger partial charge in [0.15, 0.2) is 11.5 Å². The van der Waals surface area contributed by atoms with E-state index in [1.54, 1.807) is 44.6 Å². The molecule has 0 atom stereocenters. The van der Waals surface area contributed by atoms with Crippen LogP contribution in [0.5, 0.6) is 17.2 Å². The fourth-order valence-electron chi connectivity index (χ4n) is 3.02. The average Bonchev–Trinajstić information content (AvgIpc) is 2.80. The smallest absolute Gasteiger partial charge is 0.311 e. The Bertz CT molecular complexity index is 1090. The van der Waals surface area contributed by atoms with E-state index in [1.165, 1.54) is 0 Å². The molecule has 0 spiro atoms. The van der Waals surface area contributed by atoms with Crippen LogP contribution in [-0.4, -0.2) is 26.1 Å². The number of benzene rings is 3. The first kappa shape index (κ1) is 23.3. The van der Waals surface area contributed by atoms with Gasteiger partial charge in [-0.15, -0.1) is 0 Å². The van der Waals surface area contributed by atoms with E-state index in [0.717, 1.165) is 21.3 Å². The van der Waals surface area contributed by atoms with Crippen LogP contribution >= 0.6 is 15.9 Å². The van der Waals surface area contributed by atoms with Crippen LogP contribution in [0.3, 0.4) is 0 Å². The summed E-state index contributed by atoms with van der Waals surface area (Å²) in [5, 5.41) is 2.84. The molecule has 0 aliphatic rings. The molecule has 0 heterocycles. The minimum Gasteiger partial charge on any atom is -0.493 e. The van der Waals surface area contributed by atoms with E-state index in [2.05, 4.69) is 21.2 Å². The maximum Gasteiger partial charge on any atom is 0.311 e. The zero-order valence-corrected chi connectivity index (χ0v) is 19.7. The lowest BCUT2D eigenvalue weighted by Gasteiger charge is -2.12. The number of carbonyl (C=O) groups is 2. The highest BCUT2D eigenvalue weighted by Gasteiger charge is 2.13. The summed E-state index contributed by atoms with van der Waals surface area (Å²) in [6.07, 6.45) is 0.653. The first-order valence-corrected chi connectivity index (χ1v) is 10.8. The van der Waals surface area contributed by atoms with Crippen LogP contribution in [0, 0.1) is 6.92 Å². The Labute approximate surface area is 195 Å². The second kappa shape index (κ2) is 10.8. The third-order valence-electron chi connectivity index (χ3n) is 4.81. The Balaban J connectivity index is 1.55. The van der Waals surface area contributed by atoms with Crippen molar-refractivity contribution in [1.82, 2.24) is 0 Å². The fraction of sp³-hybridized carbons (Fsp3) is 0.200. The largest absolute Gasteiger partial charge is 0.493 e. The molecule has 0 fully saturated rings. The molecular formula is C25H24BrNO5. The number of amides is 1. The zero-order valence-electron chi connectivity index (χ0n) is 18.1. The number of hydrogen-bond donors (Lipinski definition) is 1. The second-order valence-corrected chi connectivity index (χ2v) is 7.97. The number of methoxy groups -OCH3 is 2. The van der Waals surface area contributed by atoms with E-state index in [0.29, 0.717) is 29.2 Å². The summed E-state index contributed by atoms with van der Waals surface area (Å²) in [6, 6.07) is 17.6. The van der Waals surface area contributed by atoms with Crippen molar-refractivity contribution in [1.29, 1.82) is 0 Å². The number of nitrogens with one attached hydrogen (secondary N) is 1. The van der Waals surface area contributed by atoms with Gasteiger partial charge in [0, 0.05) is 15.7 Å². The predicted octanol–water partition coefficient (Wildman–Crippen LogP) is 5.57. The van der Waals surface area contributed by atoms with Gasteiger partial charge in [0.05, 0.1) is 20.6 Å². The summed E-state index contributed by atoms with van der Waals surface area (Å²) in [5.74, 6) is 0.984. The Hall–Kier alpha value is -3.32. The van der Waals surface area contributed by atoms with Crippen LogP contribution in [0.25, 0.3) is 0 Å². The minimum absolute atomic E-state index is 0.184. The maximum absolute atomic E-state index is 12.4. The number of carbonyl (C=O) groups excluding carboxylic acids is 2. The Morgan fingerprint density at radius 3 is 2.16 bits per heavy atom. The number of ether oxygens (including phenoxy) is 3. The molecule has 1 amide bonds. The van der Waals surface area contributed by atoms with Gasteiger partial charge in [0.2, 0.25) is 0 Å². The molecule has 1 N–H and O–H groups in total. The molecule has 166 valence electrons. The zero-order chi connectivity index (χ0) is 23.1. The number of aryl methyl sites for hydroxylation is 2. The van der Waals surface area contributed by atoms with Crippen molar-refractivity contribution in [3.63, 3.8) is 0 Å². The van der Waals surface area contributed by atoms with Gasteiger partial charge in [-0.25, -0.2) is 0 Å². The topological polar surface area (TPSA) is 73.9 Å². The van der Waals surface area contributed by atoms with Crippen molar-refractivity contribution in [2.75, 3.05) is 19.5 Å². The first-order chi connectivity index (χ1) is 15.4. The highest BCUT2D eigenvalue weighted by molar-refractivity contribution is 9.10. The van der Waals surface area contributed by atoms with Crippen LogP contribution in [0.15, 0.2) is 65.1 Å². The number of halogens is 1. The highest BCUT2D eigenvalue weighted by Crippen LogP contribution is 2.33. The molecular weight excluding hydrogens is 474 g/mol. The molecule has 7 heteroatoms. The molecule has 3 aromatic rings. The van der Waals surface area contributed by atoms with Gasteiger partial charge < -0.3 is 19.5 Å². The quantitative estimate of drug-likeness (QED) is 0.325. The van der Waals surface area contributed by atoms with Gasteiger partial charge in [0.25, 0.3) is 5.91 Å². The van der Waals surface area contributed by atoms with Crippen LogP contribution in [0.2, 0.25) is 0 Å². The van der Waals surface area contributed by atoms with Crippen LogP contribution in [-0.2, 0) is 11.2 Å². The third-order valence-corrected chi connectivity index (χ3v) is 5.55. The maximum atomic E-state index is 12.4. The number of hydrogen-bond acceptors (Lipinski definition) is 5. The Kier molecular flexibility index (Phi) is 7.89. The Morgan fingerprint density at radius 1 is 0.906 bits per heavy atom. The molecule has 0 radical (unpaired) electrons. The standard InChI is InChI=1S/C25H24BrNO5/c1-16-4-9-19(10-5-16)27-25(29)17-6-11-20(12-7-17)32-24(28)13-8-18-14-22(30-2)23(31-3)15-21(18)26/h4-7,9-12,14-15H,8,13H2,1-3H3,(H,27,29). The van der Waals surface area contributed by atoms with E-state index < -0.39 is 0 Å². The molecule has 0 aliphatic carbocycles. The third kappa shape index (κ3) is 6.11. The summed E-state index contributed by atoms with van der Waals surface area (Å²) in [5.41, 5.74) is 3.22. The molecule has 0 saturated carbocycles. The van der Waals surface area contributed by atoms with Gasteiger partial charge in [0.1, 0.15) is 5.75 Å². The van der Waals surface area contributed by atoms with Crippen molar-refractivity contribution >= 4 is 33.5 Å². The lowest BCUT2D eigenvalue weighted by atomic mass is 10.1. The molecule has 0 saturated heterocycles. The second-order valence-electron chi connectivity index (χ2n) is 7.12. The van der Waals surface area contributed by atoms with Crippen molar-refractivity contribution in [2.45, 2.75) is 19.8 Å². The molecule has 0 unspecified atom stereocenters. The highest BCUT2D eigenvalue weighted by atomic mass is 79.9. The minimum atomic E-state index is -0.372. The van der Waals surface area contributed by atoms with Gasteiger partial charge in [-0.3, -0.25) is 9.59 Å². The number of rotatable bonds is 8. The Morgan fingerprint density at radius 2 is 1.53 bits per heavy atom. The summed E-state index contributed by atoms with van der Waals surface area (Å²) in [4.78, 5) is 24.7. The van der Waals surface area contributed by atoms with Crippen LogP contribution in [0.4, 0.5) is 5.69 Å². The van der Waals surface area contributed by atoms with Crippen molar-refractivity contribution in [3.8, 4) is 17.2 Å². The summed E-state index contributed by atoms with van der Waals surface area (Å²) >= 11 is 3.49. The van der Waals surface area contributed by atoms with Gasteiger partial charge >= 0.3 is 5.97 Å². The first-order valence-electron chi connectivity index (χ1n) is 9.98. The van der Waals surface area contributed by atoms with Gasteiger partial charge in [-0.2, -0.15) is 0 Å². The van der Waals surface area contributed by atoms with Crippen LogP contribution < -0.4 is 19.5 Å². The van der Waals surface area contributed by atoms with E-state index >= 15 is 0 Å². The van der Waals surface area contributed by atoms with E-state index in [-0.39, 0.29) is 18.3 Å². The SMILES string of the molecule is COc1cc(Br)c(CCC(=O)Oc2ccc(C(=O)Nc3ccc(C)cc3)cc2)cc1OC. The van der Waals surface area contributed by atoms with Crippen molar-refractivity contribution < 1.29 is 23.8 Å². The molecule has 0 aromatic heterocycles. The van der Waals surface area contributed by atoms with E-state index in [9.17, 15) is 9.59 Å². The normalized spacial score (nSPS) is 10.4. The number of anilines is 1. The molecule has 0 aliphatic heterocycles. The van der Waals surface area contributed by atoms with E-state index in [4.69, 9.17) is 14.2 Å². The van der Waals surface area contributed by atoms with Crippen LogP contribution in [0.1, 0.15) is 27.9 Å². The molecule has 3 rings (SSSR count). The molecule has 32 heavy (non-hydrogen) atoms. The molecule has 6 nitrogen and oxygen atoms in total. The average molecular weight is 498 g/mol.